The Labute approximate surface area is 173 Å². The van der Waals surface area contributed by atoms with Crippen molar-refractivity contribution in [1.82, 2.24) is 9.62 Å². The molecular weight excluding hydrogens is 392 g/mol. The number of thiocarbonyl (C=S) groups is 1. The second-order valence-corrected chi connectivity index (χ2v) is 9.67. The summed E-state index contributed by atoms with van der Waals surface area (Å²) in [6, 6.07) is 17.4. The molecule has 28 heavy (non-hydrogen) atoms. The Morgan fingerprint density at radius 2 is 1.79 bits per heavy atom. The van der Waals surface area contributed by atoms with E-state index in [1.165, 1.54) is 28.9 Å². The summed E-state index contributed by atoms with van der Waals surface area (Å²) in [6.07, 6.45) is 0.940. The zero-order valence-electron chi connectivity index (χ0n) is 16.8. The summed E-state index contributed by atoms with van der Waals surface area (Å²) in [4.78, 5) is 1.56. The van der Waals surface area contributed by atoms with Crippen molar-refractivity contribution in [3.8, 4) is 0 Å². The van der Waals surface area contributed by atoms with E-state index in [-0.39, 0.29) is 4.90 Å². The standard InChI is InChI=1S/C20H28N4O2S2/c1-23(2)18(13-16-9-6-5-7-10-16)15-21-20(27)22-17-11-8-12-19(14-17)28(25,26)24(3)4/h5-12,14,18H,13,15H2,1-4H3,(H2,21,22,27)/p+1/t18-/m0/s1. The molecule has 0 spiro atoms. The van der Waals surface area contributed by atoms with Crippen LogP contribution in [0, 0.1) is 0 Å². The van der Waals surface area contributed by atoms with E-state index in [0.29, 0.717) is 23.4 Å². The largest absolute Gasteiger partial charge is 0.356 e. The van der Waals surface area contributed by atoms with Crippen LogP contribution in [0.1, 0.15) is 5.56 Å². The number of quaternary nitrogens is 1. The molecule has 3 N–H and O–H groups in total. The highest BCUT2D eigenvalue weighted by Crippen LogP contribution is 2.17. The third-order valence-electron chi connectivity index (χ3n) is 4.52. The molecule has 0 aliphatic rings. The fourth-order valence-electron chi connectivity index (χ4n) is 2.72. The summed E-state index contributed by atoms with van der Waals surface area (Å²) in [5.41, 5.74) is 1.92. The maximum absolute atomic E-state index is 12.3. The number of anilines is 1. The first-order valence-electron chi connectivity index (χ1n) is 9.11. The second-order valence-electron chi connectivity index (χ2n) is 7.11. The van der Waals surface area contributed by atoms with Crippen molar-refractivity contribution in [3.05, 3.63) is 60.2 Å². The van der Waals surface area contributed by atoms with Crippen LogP contribution >= 0.6 is 12.2 Å². The predicted molar refractivity (Wildman–Crippen MR) is 118 cm³/mol. The van der Waals surface area contributed by atoms with E-state index in [1.807, 2.05) is 18.2 Å². The smallest absolute Gasteiger partial charge is 0.242 e. The van der Waals surface area contributed by atoms with Gasteiger partial charge in [0.05, 0.1) is 25.5 Å². The van der Waals surface area contributed by atoms with Crippen molar-refractivity contribution < 1.29 is 13.3 Å². The van der Waals surface area contributed by atoms with Gasteiger partial charge in [0.1, 0.15) is 6.04 Å². The zero-order valence-corrected chi connectivity index (χ0v) is 18.4. The molecule has 0 bridgehead atoms. The highest BCUT2D eigenvalue weighted by molar-refractivity contribution is 7.89. The second kappa shape index (κ2) is 9.97. The quantitative estimate of drug-likeness (QED) is 0.555. The van der Waals surface area contributed by atoms with Crippen molar-refractivity contribution in [3.63, 3.8) is 0 Å². The first-order chi connectivity index (χ1) is 13.2. The number of benzene rings is 2. The molecule has 0 saturated carbocycles. The van der Waals surface area contributed by atoms with Gasteiger partial charge in [0.15, 0.2) is 5.11 Å². The number of hydrogen-bond donors (Lipinski definition) is 3. The average molecular weight is 422 g/mol. The summed E-state index contributed by atoms with van der Waals surface area (Å²) in [6.45, 7) is 0.707. The molecule has 0 saturated heterocycles. The topological polar surface area (TPSA) is 65.9 Å². The van der Waals surface area contributed by atoms with E-state index >= 15 is 0 Å². The number of likely N-dealkylation sites (N-methyl/N-ethyl adjacent to an activating group) is 1. The van der Waals surface area contributed by atoms with Gasteiger partial charge < -0.3 is 15.5 Å². The number of rotatable bonds is 8. The van der Waals surface area contributed by atoms with E-state index in [4.69, 9.17) is 12.2 Å². The van der Waals surface area contributed by atoms with Gasteiger partial charge in [-0.25, -0.2) is 12.7 Å². The van der Waals surface area contributed by atoms with E-state index in [2.05, 4.69) is 36.9 Å². The first-order valence-corrected chi connectivity index (χ1v) is 11.0. The molecule has 0 unspecified atom stereocenters. The van der Waals surface area contributed by atoms with Crippen LogP contribution in [0.5, 0.6) is 0 Å². The lowest BCUT2D eigenvalue weighted by Gasteiger charge is -2.23. The van der Waals surface area contributed by atoms with Gasteiger partial charge in [-0.05, 0) is 36.0 Å². The molecule has 0 aliphatic carbocycles. The molecule has 0 amide bonds. The van der Waals surface area contributed by atoms with Crippen molar-refractivity contribution in [2.24, 2.45) is 0 Å². The highest BCUT2D eigenvalue weighted by Gasteiger charge is 2.18. The lowest BCUT2D eigenvalue weighted by molar-refractivity contribution is -0.884. The van der Waals surface area contributed by atoms with E-state index in [0.717, 1.165) is 6.42 Å². The van der Waals surface area contributed by atoms with E-state index in [9.17, 15) is 8.42 Å². The minimum Gasteiger partial charge on any atom is -0.356 e. The fourth-order valence-corrected chi connectivity index (χ4v) is 3.86. The van der Waals surface area contributed by atoms with Crippen molar-refractivity contribution in [2.75, 3.05) is 40.1 Å². The molecular formula is C20H29N4O2S2+. The molecule has 0 radical (unpaired) electrons. The number of nitrogens with zero attached hydrogens (tertiary/aromatic N) is 1. The molecule has 0 aromatic heterocycles. The minimum absolute atomic E-state index is 0.227. The molecule has 2 aromatic rings. The molecule has 152 valence electrons. The number of sulfonamides is 1. The third-order valence-corrected chi connectivity index (χ3v) is 6.58. The van der Waals surface area contributed by atoms with Gasteiger partial charge in [-0.2, -0.15) is 0 Å². The van der Waals surface area contributed by atoms with Crippen LogP contribution in [0.2, 0.25) is 0 Å². The van der Waals surface area contributed by atoms with Crippen LogP contribution < -0.4 is 15.5 Å². The molecule has 2 aromatic carbocycles. The Bertz CT molecular complexity index is 884. The Morgan fingerprint density at radius 1 is 1.11 bits per heavy atom. The average Bonchev–Trinajstić information content (AvgIpc) is 2.65. The summed E-state index contributed by atoms with van der Waals surface area (Å²) >= 11 is 5.40. The van der Waals surface area contributed by atoms with Crippen LogP contribution in [0.15, 0.2) is 59.5 Å². The summed E-state index contributed by atoms with van der Waals surface area (Å²) in [5, 5.41) is 6.80. The molecule has 0 aliphatic heterocycles. The van der Waals surface area contributed by atoms with Crippen LogP contribution in [0.3, 0.4) is 0 Å². The van der Waals surface area contributed by atoms with Gasteiger partial charge in [-0.1, -0.05) is 36.4 Å². The van der Waals surface area contributed by atoms with Gasteiger partial charge in [-0.3, -0.25) is 0 Å². The highest BCUT2D eigenvalue weighted by atomic mass is 32.2. The van der Waals surface area contributed by atoms with Crippen LogP contribution in [-0.2, 0) is 16.4 Å². The van der Waals surface area contributed by atoms with Crippen LogP contribution in [0.4, 0.5) is 5.69 Å². The lowest BCUT2D eigenvalue weighted by atomic mass is 10.1. The lowest BCUT2D eigenvalue weighted by Crippen LogP contribution is -3.11. The first kappa shape index (κ1) is 22.3. The monoisotopic (exact) mass is 421 g/mol. The van der Waals surface area contributed by atoms with Crippen LogP contribution in [0.25, 0.3) is 0 Å². The SMILES string of the molecule is CN(C)S(=O)(=O)c1cccc(NC(=S)NC[C@H](Cc2ccccc2)[NH+](C)C)c1. The maximum Gasteiger partial charge on any atom is 0.242 e. The molecule has 0 fully saturated rings. The van der Waals surface area contributed by atoms with E-state index in [1.54, 1.807) is 24.3 Å². The molecule has 2 rings (SSSR count). The normalized spacial score (nSPS) is 12.8. The van der Waals surface area contributed by atoms with Gasteiger partial charge in [0, 0.05) is 26.2 Å². The Hall–Kier alpha value is -2.00. The van der Waals surface area contributed by atoms with E-state index < -0.39 is 10.0 Å². The molecule has 1 atom stereocenters. The van der Waals surface area contributed by atoms with Crippen molar-refractivity contribution >= 4 is 33.0 Å². The van der Waals surface area contributed by atoms with Gasteiger partial charge in [0.25, 0.3) is 0 Å². The predicted octanol–water partition coefficient (Wildman–Crippen LogP) is 0.979. The summed E-state index contributed by atoms with van der Waals surface area (Å²) in [7, 11) is 3.80. The fraction of sp³-hybridized carbons (Fsp3) is 0.350. The number of hydrogen-bond acceptors (Lipinski definition) is 3. The minimum atomic E-state index is -3.48. The third kappa shape index (κ3) is 6.27. The Balaban J connectivity index is 1.98. The molecule has 6 nitrogen and oxygen atoms in total. The summed E-state index contributed by atoms with van der Waals surface area (Å²) in [5.74, 6) is 0. The van der Waals surface area contributed by atoms with Crippen molar-refractivity contribution in [1.29, 1.82) is 0 Å². The number of nitrogens with one attached hydrogen (secondary N) is 3. The van der Waals surface area contributed by atoms with Gasteiger partial charge in [-0.15, -0.1) is 0 Å². The molecule has 0 heterocycles. The maximum atomic E-state index is 12.3. The van der Waals surface area contributed by atoms with Crippen molar-refractivity contribution in [2.45, 2.75) is 17.4 Å². The Morgan fingerprint density at radius 3 is 2.39 bits per heavy atom. The zero-order chi connectivity index (χ0) is 20.7. The summed E-state index contributed by atoms with van der Waals surface area (Å²) < 4.78 is 25.8. The molecule has 8 heteroatoms. The Kier molecular flexibility index (Phi) is 7.94. The van der Waals surface area contributed by atoms with Gasteiger partial charge >= 0.3 is 0 Å². The van der Waals surface area contributed by atoms with Gasteiger partial charge in [0.2, 0.25) is 10.0 Å². The van der Waals surface area contributed by atoms with Crippen LogP contribution in [-0.4, -0.2) is 58.6 Å².